The van der Waals surface area contributed by atoms with Crippen LogP contribution in [0.1, 0.15) is 162 Å². The summed E-state index contributed by atoms with van der Waals surface area (Å²) in [6.45, 7) is 4.50. The molecule has 0 saturated carbocycles. The molecule has 0 aliphatic rings. The molecular formula is C29H56O4. The molecule has 0 rings (SSSR count). The predicted molar refractivity (Wildman–Crippen MR) is 139 cm³/mol. The lowest BCUT2D eigenvalue weighted by Crippen LogP contribution is -2.22. The molecule has 0 aromatic heterocycles. The molecule has 0 spiro atoms. The Bertz CT molecular complexity index is 435. The predicted octanol–water partition coefficient (Wildman–Crippen LogP) is 9.08. The van der Waals surface area contributed by atoms with Crippen LogP contribution in [0.25, 0.3) is 0 Å². The summed E-state index contributed by atoms with van der Waals surface area (Å²) in [4.78, 5) is 24.0. The van der Waals surface area contributed by atoms with Gasteiger partial charge in [0.1, 0.15) is 6.10 Å². The number of esters is 2. The fourth-order valence-corrected chi connectivity index (χ4v) is 4.33. The number of carbonyl (C=O) groups is 2. The van der Waals surface area contributed by atoms with Crippen LogP contribution in [0.4, 0.5) is 0 Å². The summed E-state index contributed by atoms with van der Waals surface area (Å²) in [7, 11) is 1.39. The second-order valence-corrected chi connectivity index (χ2v) is 9.79. The van der Waals surface area contributed by atoms with E-state index in [1.54, 1.807) is 0 Å². The standard InChI is InChI=1S/C29H56O4/c1-4-6-8-10-12-14-15-17-19-21-23-25-28(30)33-27(26-29(31)32-3)24-22-20-18-16-13-11-9-7-5-2/h27H,4-26H2,1-3H3. The van der Waals surface area contributed by atoms with Crippen LogP contribution < -0.4 is 0 Å². The molecule has 4 heteroatoms. The lowest BCUT2D eigenvalue weighted by atomic mass is 10.0. The first kappa shape index (κ1) is 31.9. The average molecular weight is 469 g/mol. The summed E-state index contributed by atoms with van der Waals surface area (Å²) in [6, 6.07) is 0. The van der Waals surface area contributed by atoms with Gasteiger partial charge in [-0.05, 0) is 19.3 Å². The SMILES string of the molecule is CCCCCCCCCCCCCC(=O)OC(CCCCCCCCCCC)CC(=O)OC. The first-order valence-corrected chi connectivity index (χ1v) is 14.4. The van der Waals surface area contributed by atoms with Crippen molar-refractivity contribution in [3.05, 3.63) is 0 Å². The number of ether oxygens (including phenoxy) is 2. The van der Waals surface area contributed by atoms with Gasteiger partial charge in [0.05, 0.1) is 13.5 Å². The summed E-state index contributed by atoms with van der Waals surface area (Å²) in [5.41, 5.74) is 0. The van der Waals surface area contributed by atoms with Crippen molar-refractivity contribution in [3.8, 4) is 0 Å². The van der Waals surface area contributed by atoms with Gasteiger partial charge < -0.3 is 9.47 Å². The van der Waals surface area contributed by atoms with Crippen molar-refractivity contribution in [1.29, 1.82) is 0 Å². The summed E-state index contributed by atoms with van der Waals surface area (Å²) in [6.07, 6.45) is 26.3. The van der Waals surface area contributed by atoms with Crippen LogP contribution in [0, 0.1) is 0 Å². The Morgan fingerprint density at radius 3 is 1.36 bits per heavy atom. The van der Waals surface area contributed by atoms with Gasteiger partial charge in [-0.25, -0.2) is 0 Å². The Morgan fingerprint density at radius 1 is 0.545 bits per heavy atom. The van der Waals surface area contributed by atoms with Crippen molar-refractivity contribution in [1.82, 2.24) is 0 Å². The highest BCUT2D eigenvalue weighted by atomic mass is 16.6. The van der Waals surface area contributed by atoms with Gasteiger partial charge >= 0.3 is 11.9 Å². The third-order valence-corrected chi connectivity index (χ3v) is 6.53. The van der Waals surface area contributed by atoms with Gasteiger partial charge in [0.15, 0.2) is 0 Å². The third kappa shape index (κ3) is 23.9. The molecule has 0 amide bonds. The van der Waals surface area contributed by atoms with Crippen molar-refractivity contribution in [2.24, 2.45) is 0 Å². The van der Waals surface area contributed by atoms with Crippen LogP contribution in [-0.2, 0) is 19.1 Å². The molecule has 0 saturated heterocycles. The Labute approximate surface area is 206 Å². The number of hydrogen-bond acceptors (Lipinski definition) is 4. The average Bonchev–Trinajstić information content (AvgIpc) is 2.81. The minimum absolute atomic E-state index is 0.157. The van der Waals surface area contributed by atoms with Gasteiger partial charge in [-0.2, -0.15) is 0 Å². The second-order valence-electron chi connectivity index (χ2n) is 9.79. The maximum Gasteiger partial charge on any atom is 0.309 e. The first-order valence-electron chi connectivity index (χ1n) is 14.4. The molecule has 33 heavy (non-hydrogen) atoms. The Hall–Kier alpha value is -1.06. The highest BCUT2D eigenvalue weighted by molar-refractivity contribution is 5.72. The van der Waals surface area contributed by atoms with Crippen molar-refractivity contribution in [2.45, 2.75) is 168 Å². The number of hydrogen-bond donors (Lipinski definition) is 0. The van der Waals surface area contributed by atoms with Gasteiger partial charge in [0.2, 0.25) is 0 Å². The monoisotopic (exact) mass is 468 g/mol. The summed E-state index contributed by atoms with van der Waals surface area (Å²) in [5.74, 6) is -0.450. The molecule has 1 unspecified atom stereocenters. The fourth-order valence-electron chi connectivity index (χ4n) is 4.33. The van der Waals surface area contributed by atoms with E-state index in [0.717, 1.165) is 32.1 Å². The molecule has 1 atom stereocenters. The Morgan fingerprint density at radius 2 is 0.939 bits per heavy atom. The van der Waals surface area contributed by atoms with E-state index in [2.05, 4.69) is 13.8 Å². The molecule has 0 aromatic carbocycles. The maximum absolute atomic E-state index is 12.3. The van der Waals surface area contributed by atoms with E-state index in [-0.39, 0.29) is 24.5 Å². The van der Waals surface area contributed by atoms with Gasteiger partial charge in [0.25, 0.3) is 0 Å². The largest absolute Gasteiger partial charge is 0.469 e. The second kappa shape index (κ2) is 25.6. The molecule has 0 bridgehead atoms. The first-order chi connectivity index (χ1) is 16.1. The zero-order chi connectivity index (χ0) is 24.4. The van der Waals surface area contributed by atoms with Crippen LogP contribution in [-0.4, -0.2) is 25.2 Å². The van der Waals surface area contributed by atoms with E-state index in [9.17, 15) is 9.59 Å². The van der Waals surface area contributed by atoms with E-state index in [0.29, 0.717) is 6.42 Å². The van der Waals surface area contributed by atoms with E-state index in [1.165, 1.54) is 110 Å². The molecule has 0 heterocycles. The normalized spacial score (nSPS) is 12.0. The molecule has 0 fully saturated rings. The number of methoxy groups -OCH3 is 1. The molecule has 0 aliphatic heterocycles. The molecule has 0 N–H and O–H groups in total. The number of carbonyl (C=O) groups excluding carboxylic acids is 2. The highest BCUT2D eigenvalue weighted by Gasteiger charge is 2.18. The number of rotatable bonds is 25. The van der Waals surface area contributed by atoms with E-state index in [1.807, 2.05) is 0 Å². The number of unbranched alkanes of at least 4 members (excludes halogenated alkanes) is 18. The quantitative estimate of drug-likeness (QED) is 0.0990. The minimum atomic E-state index is -0.331. The highest BCUT2D eigenvalue weighted by Crippen LogP contribution is 2.16. The van der Waals surface area contributed by atoms with E-state index < -0.39 is 0 Å². The van der Waals surface area contributed by atoms with Crippen molar-refractivity contribution >= 4 is 11.9 Å². The lowest BCUT2D eigenvalue weighted by molar-refractivity contribution is -0.154. The van der Waals surface area contributed by atoms with Crippen LogP contribution in [0.3, 0.4) is 0 Å². The molecule has 196 valence electrons. The minimum Gasteiger partial charge on any atom is -0.469 e. The summed E-state index contributed by atoms with van der Waals surface area (Å²) in [5, 5.41) is 0. The smallest absolute Gasteiger partial charge is 0.309 e. The third-order valence-electron chi connectivity index (χ3n) is 6.53. The van der Waals surface area contributed by atoms with Gasteiger partial charge in [-0.1, -0.05) is 129 Å². The Balaban J connectivity index is 3.82. The maximum atomic E-state index is 12.3. The Kier molecular flexibility index (Phi) is 24.7. The van der Waals surface area contributed by atoms with Gasteiger partial charge in [0, 0.05) is 6.42 Å². The van der Waals surface area contributed by atoms with Gasteiger partial charge in [-0.3, -0.25) is 9.59 Å². The van der Waals surface area contributed by atoms with Crippen LogP contribution >= 0.6 is 0 Å². The van der Waals surface area contributed by atoms with Crippen molar-refractivity contribution in [3.63, 3.8) is 0 Å². The van der Waals surface area contributed by atoms with Crippen LogP contribution in [0.2, 0.25) is 0 Å². The van der Waals surface area contributed by atoms with Gasteiger partial charge in [-0.15, -0.1) is 0 Å². The molecule has 0 aromatic rings. The fraction of sp³-hybridized carbons (Fsp3) is 0.931. The lowest BCUT2D eigenvalue weighted by Gasteiger charge is -2.17. The van der Waals surface area contributed by atoms with Crippen molar-refractivity contribution < 1.29 is 19.1 Å². The summed E-state index contributed by atoms with van der Waals surface area (Å²) < 4.78 is 10.4. The molecular weight excluding hydrogens is 412 g/mol. The molecule has 0 radical (unpaired) electrons. The summed E-state index contributed by atoms with van der Waals surface area (Å²) >= 11 is 0. The zero-order valence-corrected chi connectivity index (χ0v) is 22.5. The van der Waals surface area contributed by atoms with E-state index in [4.69, 9.17) is 9.47 Å². The van der Waals surface area contributed by atoms with Crippen LogP contribution in [0.5, 0.6) is 0 Å². The molecule has 0 aliphatic carbocycles. The van der Waals surface area contributed by atoms with Crippen molar-refractivity contribution in [2.75, 3.05) is 7.11 Å². The van der Waals surface area contributed by atoms with E-state index >= 15 is 0 Å². The topological polar surface area (TPSA) is 52.6 Å². The zero-order valence-electron chi connectivity index (χ0n) is 22.5. The molecule has 4 nitrogen and oxygen atoms in total. The van der Waals surface area contributed by atoms with Crippen LogP contribution in [0.15, 0.2) is 0 Å².